The summed E-state index contributed by atoms with van der Waals surface area (Å²) >= 11 is 0. The summed E-state index contributed by atoms with van der Waals surface area (Å²) in [5.41, 5.74) is 1.05. The lowest BCUT2D eigenvalue weighted by Gasteiger charge is -1.90. The summed E-state index contributed by atoms with van der Waals surface area (Å²) in [4.78, 5) is 4.05. The van der Waals surface area contributed by atoms with Crippen LogP contribution < -0.4 is 0 Å². The van der Waals surface area contributed by atoms with Crippen molar-refractivity contribution in [2.24, 2.45) is 0 Å². The van der Waals surface area contributed by atoms with E-state index in [0.717, 1.165) is 12.2 Å². The molecule has 9 heavy (non-hydrogen) atoms. The van der Waals surface area contributed by atoms with Gasteiger partial charge in [0.15, 0.2) is 0 Å². The standard InChI is InChI=1S/C7H10N2/c1-3-4-9-5-7(2)8-6-9/h3,5-6H,1,4H2,2H3. The van der Waals surface area contributed by atoms with Crippen LogP contribution in [-0.2, 0) is 6.54 Å². The average Bonchev–Trinajstić information content (AvgIpc) is 2.17. The van der Waals surface area contributed by atoms with E-state index >= 15 is 0 Å². The van der Waals surface area contributed by atoms with Gasteiger partial charge in [-0.1, -0.05) is 6.08 Å². The Balaban J connectivity index is 2.72. The fraction of sp³-hybridized carbons (Fsp3) is 0.286. The molecule has 2 nitrogen and oxygen atoms in total. The van der Waals surface area contributed by atoms with Gasteiger partial charge in [0.05, 0.1) is 12.0 Å². The zero-order chi connectivity index (χ0) is 6.69. The number of imidazole rings is 1. The molecule has 0 aromatic carbocycles. The lowest BCUT2D eigenvalue weighted by Crippen LogP contribution is -1.88. The Bertz CT molecular complexity index is 200. The third kappa shape index (κ3) is 1.42. The normalized spacial score (nSPS) is 9.44. The van der Waals surface area contributed by atoms with Crippen LogP contribution in [0.3, 0.4) is 0 Å². The molecule has 0 atom stereocenters. The van der Waals surface area contributed by atoms with Crippen LogP contribution in [0.25, 0.3) is 0 Å². The van der Waals surface area contributed by atoms with Crippen LogP contribution in [0.2, 0.25) is 0 Å². The number of aryl methyl sites for hydroxylation is 1. The number of hydrogen-bond acceptors (Lipinski definition) is 1. The van der Waals surface area contributed by atoms with Crippen molar-refractivity contribution in [1.29, 1.82) is 0 Å². The molecule has 1 heterocycles. The molecule has 0 spiro atoms. The smallest absolute Gasteiger partial charge is 0.0952 e. The molecule has 0 unspecified atom stereocenters. The van der Waals surface area contributed by atoms with Gasteiger partial charge in [0.1, 0.15) is 0 Å². The van der Waals surface area contributed by atoms with Gasteiger partial charge in [-0.25, -0.2) is 4.98 Å². The van der Waals surface area contributed by atoms with E-state index in [2.05, 4.69) is 11.6 Å². The molecule has 1 rings (SSSR count). The average molecular weight is 122 g/mol. The van der Waals surface area contributed by atoms with E-state index in [4.69, 9.17) is 0 Å². The maximum atomic E-state index is 4.05. The predicted octanol–water partition coefficient (Wildman–Crippen LogP) is 1.38. The second kappa shape index (κ2) is 2.49. The van der Waals surface area contributed by atoms with E-state index in [1.165, 1.54) is 0 Å². The van der Waals surface area contributed by atoms with Crippen molar-refractivity contribution >= 4 is 0 Å². The summed E-state index contributed by atoms with van der Waals surface area (Å²) in [5, 5.41) is 0. The number of hydrogen-bond donors (Lipinski definition) is 0. The molecule has 0 saturated heterocycles. The summed E-state index contributed by atoms with van der Waals surface area (Å²) in [7, 11) is 0. The molecule has 0 N–H and O–H groups in total. The summed E-state index contributed by atoms with van der Waals surface area (Å²) in [6.07, 6.45) is 5.64. The Kier molecular flexibility index (Phi) is 1.68. The molecule has 0 bridgehead atoms. The van der Waals surface area contributed by atoms with Crippen LogP contribution in [0, 0.1) is 6.92 Å². The lowest BCUT2D eigenvalue weighted by atomic mass is 10.5. The second-order valence-corrected chi connectivity index (χ2v) is 2.00. The first-order chi connectivity index (χ1) is 4.33. The maximum Gasteiger partial charge on any atom is 0.0952 e. The molecule has 0 saturated carbocycles. The van der Waals surface area contributed by atoms with Crippen molar-refractivity contribution in [3.8, 4) is 0 Å². The van der Waals surface area contributed by atoms with Crippen molar-refractivity contribution < 1.29 is 0 Å². The molecule has 0 amide bonds. The fourth-order valence-electron chi connectivity index (χ4n) is 0.721. The fourth-order valence-corrected chi connectivity index (χ4v) is 0.721. The molecule has 0 aliphatic rings. The van der Waals surface area contributed by atoms with Gasteiger partial charge in [-0.15, -0.1) is 6.58 Å². The van der Waals surface area contributed by atoms with E-state index in [-0.39, 0.29) is 0 Å². The monoisotopic (exact) mass is 122 g/mol. The van der Waals surface area contributed by atoms with E-state index in [1.807, 2.05) is 23.8 Å². The molecule has 0 radical (unpaired) electrons. The maximum absolute atomic E-state index is 4.05. The van der Waals surface area contributed by atoms with Crippen LogP contribution >= 0.6 is 0 Å². The predicted molar refractivity (Wildman–Crippen MR) is 37.2 cm³/mol. The summed E-state index contributed by atoms with van der Waals surface area (Å²) in [5.74, 6) is 0. The molecular weight excluding hydrogens is 112 g/mol. The third-order valence-corrected chi connectivity index (χ3v) is 1.10. The number of aromatic nitrogens is 2. The first-order valence-corrected chi connectivity index (χ1v) is 2.92. The van der Waals surface area contributed by atoms with Gasteiger partial charge in [0.25, 0.3) is 0 Å². The van der Waals surface area contributed by atoms with Gasteiger partial charge in [0, 0.05) is 12.7 Å². The highest BCUT2D eigenvalue weighted by molar-refractivity contribution is 4.93. The van der Waals surface area contributed by atoms with Crippen molar-refractivity contribution in [2.75, 3.05) is 0 Å². The van der Waals surface area contributed by atoms with E-state index in [1.54, 1.807) is 6.33 Å². The van der Waals surface area contributed by atoms with E-state index < -0.39 is 0 Å². The Morgan fingerprint density at radius 1 is 1.89 bits per heavy atom. The largest absolute Gasteiger partial charge is 0.333 e. The van der Waals surface area contributed by atoms with Gasteiger partial charge in [-0.2, -0.15) is 0 Å². The Labute approximate surface area is 54.8 Å². The molecule has 2 heteroatoms. The van der Waals surface area contributed by atoms with E-state index in [9.17, 15) is 0 Å². The minimum absolute atomic E-state index is 0.848. The highest BCUT2D eigenvalue weighted by Gasteiger charge is 1.87. The summed E-state index contributed by atoms with van der Waals surface area (Å²) in [6, 6.07) is 0. The Morgan fingerprint density at radius 3 is 3.11 bits per heavy atom. The van der Waals surface area contributed by atoms with Crippen molar-refractivity contribution in [3.05, 3.63) is 30.9 Å². The van der Waals surface area contributed by atoms with E-state index in [0.29, 0.717) is 0 Å². The van der Waals surface area contributed by atoms with Gasteiger partial charge in [-0.05, 0) is 6.92 Å². The van der Waals surface area contributed by atoms with Crippen molar-refractivity contribution in [2.45, 2.75) is 13.5 Å². The molecular formula is C7H10N2. The first kappa shape index (κ1) is 6.08. The first-order valence-electron chi connectivity index (χ1n) is 2.92. The topological polar surface area (TPSA) is 17.8 Å². The number of rotatable bonds is 2. The van der Waals surface area contributed by atoms with Gasteiger partial charge >= 0.3 is 0 Å². The highest BCUT2D eigenvalue weighted by atomic mass is 15.0. The second-order valence-electron chi connectivity index (χ2n) is 2.00. The van der Waals surface area contributed by atoms with Crippen molar-refractivity contribution in [1.82, 2.24) is 9.55 Å². The third-order valence-electron chi connectivity index (χ3n) is 1.10. The minimum Gasteiger partial charge on any atom is -0.333 e. The molecule has 48 valence electrons. The molecule has 1 aromatic heterocycles. The Hall–Kier alpha value is -1.05. The number of nitrogens with zero attached hydrogens (tertiary/aromatic N) is 2. The number of allylic oxidation sites excluding steroid dienone is 1. The zero-order valence-corrected chi connectivity index (χ0v) is 5.54. The van der Waals surface area contributed by atoms with Crippen LogP contribution in [0.1, 0.15) is 5.69 Å². The molecule has 0 fully saturated rings. The molecule has 0 aliphatic heterocycles. The van der Waals surface area contributed by atoms with Crippen LogP contribution in [0.4, 0.5) is 0 Å². The SMILES string of the molecule is C=CCn1cnc(C)c1. The van der Waals surface area contributed by atoms with Crippen LogP contribution in [0.15, 0.2) is 25.2 Å². The van der Waals surface area contributed by atoms with Crippen LogP contribution in [0.5, 0.6) is 0 Å². The Morgan fingerprint density at radius 2 is 2.67 bits per heavy atom. The quantitative estimate of drug-likeness (QED) is 0.542. The van der Waals surface area contributed by atoms with Gasteiger partial charge in [-0.3, -0.25) is 0 Å². The molecule has 1 aromatic rings. The van der Waals surface area contributed by atoms with Crippen molar-refractivity contribution in [3.63, 3.8) is 0 Å². The molecule has 0 aliphatic carbocycles. The lowest BCUT2D eigenvalue weighted by molar-refractivity contribution is 0.821. The highest BCUT2D eigenvalue weighted by Crippen LogP contribution is 1.92. The van der Waals surface area contributed by atoms with Gasteiger partial charge < -0.3 is 4.57 Å². The van der Waals surface area contributed by atoms with Crippen LogP contribution in [-0.4, -0.2) is 9.55 Å². The zero-order valence-electron chi connectivity index (χ0n) is 5.54. The minimum atomic E-state index is 0.848. The summed E-state index contributed by atoms with van der Waals surface area (Å²) < 4.78 is 1.99. The van der Waals surface area contributed by atoms with Gasteiger partial charge in [0.2, 0.25) is 0 Å². The summed E-state index contributed by atoms with van der Waals surface area (Å²) in [6.45, 7) is 6.44.